The van der Waals surface area contributed by atoms with E-state index in [2.05, 4.69) is 16.0 Å². The van der Waals surface area contributed by atoms with E-state index in [-0.39, 0.29) is 25.0 Å². The molecular weight excluding hydrogens is 462 g/mol. The number of carboxylic acids is 2. The SMILES string of the molecule is NCCCCC(NC(=O)C(CCC(=O)O)NC(=O)C(Cc1ccc(O)cc1)NC(=O)CN)C(=O)O. The van der Waals surface area contributed by atoms with E-state index in [0.29, 0.717) is 24.9 Å². The van der Waals surface area contributed by atoms with E-state index in [1.807, 2.05) is 0 Å². The molecule has 35 heavy (non-hydrogen) atoms. The predicted octanol–water partition coefficient (Wildman–Crippen LogP) is -1.57. The van der Waals surface area contributed by atoms with Crippen molar-refractivity contribution < 1.29 is 39.3 Å². The van der Waals surface area contributed by atoms with Gasteiger partial charge >= 0.3 is 11.9 Å². The molecule has 0 saturated heterocycles. The quantitative estimate of drug-likeness (QED) is 0.123. The Hall–Kier alpha value is -3.71. The standard InChI is InChI=1S/C22H33N5O8/c23-10-2-1-3-16(22(34)35)27-20(32)15(8-9-19(30)31)26-21(33)17(25-18(29)12-24)11-13-4-6-14(28)7-5-13/h4-7,15-17,28H,1-3,8-12,23-24H2,(H,25,29)(H,26,33)(H,27,32)(H,30,31)(H,34,35). The van der Waals surface area contributed by atoms with Crippen molar-refractivity contribution in [1.29, 1.82) is 0 Å². The molecule has 0 aliphatic heterocycles. The minimum Gasteiger partial charge on any atom is -0.508 e. The van der Waals surface area contributed by atoms with Gasteiger partial charge in [-0.25, -0.2) is 4.79 Å². The first kappa shape index (κ1) is 29.3. The van der Waals surface area contributed by atoms with Crippen LogP contribution in [-0.2, 0) is 30.4 Å². The minimum atomic E-state index is -1.37. The second-order valence-corrected chi connectivity index (χ2v) is 7.87. The number of amides is 3. The summed E-state index contributed by atoms with van der Waals surface area (Å²) in [7, 11) is 0. The van der Waals surface area contributed by atoms with Gasteiger partial charge in [-0.1, -0.05) is 12.1 Å². The average Bonchev–Trinajstić information content (AvgIpc) is 2.81. The van der Waals surface area contributed by atoms with Crippen molar-refractivity contribution >= 4 is 29.7 Å². The number of phenolic OH excluding ortho intramolecular Hbond substituents is 1. The van der Waals surface area contributed by atoms with Crippen LogP contribution in [0.3, 0.4) is 0 Å². The van der Waals surface area contributed by atoms with Crippen LogP contribution in [0.25, 0.3) is 0 Å². The molecule has 0 radical (unpaired) electrons. The third kappa shape index (κ3) is 11.3. The number of carbonyl (C=O) groups is 5. The molecule has 0 aromatic heterocycles. The third-order valence-corrected chi connectivity index (χ3v) is 5.05. The average molecular weight is 496 g/mol. The number of aromatic hydroxyl groups is 1. The number of unbranched alkanes of at least 4 members (excludes halogenated alkanes) is 1. The topological polar surface area (TPSA) is 234 Å². The molecule has 1 aromatic carbocycles. The smallest absolute Gasteiger partial charge is 0.326 e. The fourth-order valence-corrected chi connectivity index (χ4v) is 3.16. The van der Waals surface area contributed by atoms with Gasteiger partial charge in [0.1, 0.15) is 23.9 Å². The van der Waals surface area contributed by atoms with Crippen molar-refractivity contribution in [3.05, 3.63) is 29.8 Å². The number of aliphatic carboxylic acids is 2. The highest BCUT2D eigenvalue weighted by Gasteiger charge is 2.30. The van der Waals surface area contributed by atoms with E-state index in [9.17, 15) is 34.2 Å². The van der Waals surface area contributed by atoms with Crippen molar-refractivity contribution in [2.75, 3.05) is 13.1 Å². The lowest BCUT2D eigenvalue weighted by Gasteiger charge is -2.24. The summed E-state index contributed by atoms with van der Waals surface area (Å²) in [6.45, 7) is -0.0418. The van der Waals surface area contributed by atoms with Crippen LogP contribution in [0, 0.1) is 0 Å². The van der Waals surface area contributed by atoms with Gasteiger partial charge in [-0.15, -0.1) is 0 Å². The Bertz CT molecular complexity index is 877. The summed E-state index contributed by atoms with van der Waals surface area (Å²) in [6, 6.07) is 2.09. The summed E-state index contributed by atoms with van der Waals surface area (Å²) >= 11 is 0. The van der Waals surface area contributed by atoms with Gasteiger partial charge in [-0.05, 0) is 49.9 Å². The number of carboxylic acid groups (broad SMARTS) is 2. The van der Waals surface area contributed by atoms with Crippen molar-refractivity contribution in [3.8, 4) is 5.75 Å². The first-order chi connectivity index (χ1) is 16.6. The summed E-state index contributed by atoms with van der Waals surface area (Å²) in [6.07, 6.45) is 0.314. The van der Waals surface area contributed by atoms with Gasteiger partial charge in [0.25, 0.3) is 0 Å². The largest absolute Gasteiger partial charge is 0.508 e. The van der Waals surface area contributed by atoms with Crippen molar-refractivity contribution in [2.45, 2.75) is 56.7 Å². The van der Waals surface area contributed by atoms with Crippen LogP contribution in [0.5, 0.6) is 5.75 Å². The second-order valence-electron chi connectivity index (χ2n) is 7.87. The van der Waals surface area contributed by atoms with Crippen LogP contribution in [0.1, 0.15) is 37.7 Å². The number of carbonyl (C=O) groups excluding carboxylic acids is 3. The van der Waals surface area contributed by atoms with Gasteiger partial charge in [-0.2, -0.15) is 0 Å². The molecule has 0 heterocycles. The molecule has 10 N–H and O–H groups in total. The van der Waals surface area contributed by atoms with E-state index in [0.717, 1.165) is 0 Å². The molecule has 3 atom stereocenters. The number of hydrogen-bond donors (Lipinski definition) is 8. The van der Waals surface area contributed by atoms with Gasteiger partial charge in [0.05, 0.1) is 6.54 Å². The molecule has 0 aliphatic carbocycles. The zero-order valence-corrected chi connectivity index (χ0v) is 19.2. The van der Waals surface area contributed by atoms with Crippen LogP contribution < -0.4 is 27.4 Å². The molecule has 3 unspecified atom stereocenters. The summed E-state index contributed by atoms with van der Waals surface area (Å²) in [5.74, 6) is -4.79. The molecule has 1 rings (SSSR count). The number of rotatable bonds is 16. The molecule has 0 spiro atoms. The molecule has 3 amide bonds. The van der Waals surface area contributed by atoms with Crippen LogP contribution in [-0.4, -0.2) is 76.2 Å². The maximum Gasteiger partial charge on any atom is 0.326 e. The highest BCUT2D eigenvalue weighted by Crippen LogP contribution is 2.12. The monoisotopic (exact) mass is 495 g/mol. The van der Waals surface area contributed by atoms with Gasteiger partial charge in [-0.3, -0.25) is 19.2 Å². The third-order valence-electron chi connectivity index (χ3n) is 5.05. The van der Waals surface area contributed by atoms with E-state index in [1.165, 1.54) is 24.3 Å². The molecule has 0 aliphatic rings. The maximum absolute atomic E-state index is 13.0. The highest BCUT2D eigenvalue weighted by atomic mass is 16.4. The molecule has 13 heteroatoms. The Balaban J connectivity index is 3.03. The molecule has 1 aromatic rings. The number of nitrogens with two attached hydrogens (primary N) is 2. The number of phenols is 1. The molecule has 13 nitrogen and oxygen atoms in total. The summed E-state index contributed by atoms with van der Waals surface area (Å²) in [4.78, 5) is 60.2. The predicted molar refractivity (Wildman–Crippen MR) is 124 cm³/mol. The Kier molecular flexibility index (Phi) is 12.8. The van der Waals surface area contributed by atoms with Gasteiger partial charge in [0.15, 0.2) is 0 Å². The van der Waals surface area contributed by atoms with Crippen LogP contribution in [0.15, 0.2) is 24.3 Å². The van der Waals surface area contributed by atoms with E-state index >= 15 is 0 Å². The normalized spacial score (nSPS) is 13.2. The summed E-state index contributed by atoms with van der Waals surface area (Å²) in [5, 5.41) is 35.0. The minimum absolute atomic E-state index is 0.00518. The second kappa shape index (κ2) is 15.2. The highest BCUT2D eigenvalue weighted by molar-refractivity contribution is 5.94. The van der Waals surface area contributed by atoms with Crippen LogP contribution >= 0.6 is 0 Å². The molecule has 0 fully saturated rings. The summed E-state index contributed by atoms with van der Waals surface area (Å²) < 4.78 is 0. The van der Waals surface area contributed by atoms with E-state index in [4.69, 9.17) is 16.6 Å². The number of benzene rings is 1. The lowest BCUT2D eigenvalue weighted by Crippen LogP contribution is -2.56. The Morgan fingerprint density at radius 2 is 1.40 bits per heavy atom. The Morgan fingerprint density at radius 1 is 0.800 bits per heavy atom. The Labute approximate surface area is 202 Å². The molecule has 0 bridgehead atoms. The molecule has 0 saturated carbocycles. The fourth-order valence-electron chi connectivity index (χ4n) is 3.16. The maximum atomic E-state index is 13.0. The first-order valence-corrected chi connectivity index (χ1v) is 11.1. The van der Waals surface area contributed by atoms with E-state index < -0.39 is 60.8 Å². The zero-order chi connectivity index (χ0) is 26.4. The summed E-state index contributed by atoms with van der Waals surface area (Å²) in [5.41, 5.74) is 11.3. The van der Waals surface area contributed by atoms with Crippen molar-refractivity contribution in [2.24, 2.45) is 11.5 Å². The van der Waals surface area contributed by atoms with Crippen molar-refractivity contribution in [1.82, 2.24) is 16.0 Å². The molecule has 194 valence electrons. The van der Waals surface area contributed by atoms with Crippen molar-refractivity contribution in [3.63, 3.8) is 0 Å². The van der Waals surface area contributed by atoms with Crippen LogP contribution in [0.4, 0.5) is 0 Å². The Morgan fingerprint density at radius 3 is 1.94 bits per heavy atom. The van der Waals surface area contributed by atoms with Gasteiger partial charge in [0.2, 0.25) is 17.7 Å². The van der Waals surface area contributed by atoms with Gasteiger partial charge < -0.3 is 42.7 Å². The first-order valence-electron chi connectivity index (χ1n) is 11.1. The number of hydrogen-bond acceptors (Lipinski definition) is 8. The lowest BCUT2D eigenvalue weighted by atomic mass is 10.0. The molecular formula is C22H33N5O8. The van der Waals surface area contributed by atoms with E-state index in [1.54, 1.807) is 0 Å². The lowest BCUT2D eigenvalue weighted by molar-refractivity contribution is -0.143. The number of nitrogens with one attached hydrogen (secondary N) is 3. The van der Waals surface area contributed by atoms with Gasteiger partial charge in [0, 0.05) is 12.8 Å². The fraction of sp³-hybridized carbons (Fsp3) is 0.500. The zero-order valence-electron chi connectivity index (χ0n) is 19.2. The van der Waals surface area contributed by atoms with Crippen LogP contribution in [0.2, 0.25) is 0 Å².